The van der Waals surface area contributed by atoms with Gasteiger partial charge in [0.1, 0.15) is 17.0 Å². The first-order valence-corrected chi connectivity index (χ1v) is 10.3. The molecule has 0 aliphatic carbocycles. The molecule has 1 unspecified atom stereocenters. The number of rotatable bonds is 7. The van der Waals surface area contributed by atoms with E-state index < -0.39 is 30.0 Å². The number of carbonyl (C=O) groups is 2. The molecule has 3 aromatic rings. The van der Waals surface area contributed by atoms with Crippen molar-refractivity contribution in [3.8, 4) is 11.6 Å². The quantitative estimate of drug-likeness (QED) is 0.445. The number of amides is 1. The minimum absolute atomic E-state index is 0.0967. The smallest absolute Gasteiger partial charge is 0.335 e. The lowest BCUT2D eigenvalue weighted by molar-refractivity contribution is 0.0696. The van der Waals surface area contributed by atoms with Gasteiger partial charge in [0.15, 0.2) is 0 Å². The number of halogens is 3. The van der Waals surface area contributed by atoms with Gasteiger partial charge in [-0.15, -0.1) is 0 Å². The summed E-state index contributed by atoms with van der Waals surface area (Å²) in [5.74, 6) is -1.64. The predicted octanol–water partition coefficient (Wildman–Crippen LogP) is 5.41. The fourth-order valence-electron chi connectivity index (χ4n) is 3.03. The summed E-state index contributed by atoms with van der Waals surface area (Å²) in [6.45, 7) is 3.54. The highest BCUT2D eigenvalue weighted by atomic mass is 79.9. The SMILES string of the molecule is Cc1ccc(Oc2c(C(=O)NC(C)c3ccc(C(=O)O)cc3)c(C(F)F)nn2C)cc1Br. The molecule has 1 heterocycles. The molecule has 32 heavy (non-hydrogen) atoms. The van der Waals surface area contributed by atoms with Crippen LogP contribution in [-0.4, -0.2) is 26.8 Å². The molecule has 0 bridgehead atoms. The van der Waals surface area contributed by atoms with Gasteiger partial charge in [-0.1, -0.05) is 34.1 Å². The Balaban J connectivity index is 1.91. The lowest BCUT2D eigenvalue weighted by Crippen LogP contribution is -2.27. The van der Waals surface area contributed by atoms with Crippen LogP contribution in [0.5, 0.6) is 11.6 Å². The number of carboxylic acids is 1. The molecule has 0 radical (unpaired) electrons. The Morgan fingerprint density at radius 1 is 1.19 bits per heavy atom. The van der Waals surface area contributed by atoms with Gasteiger partial charge in [0.2, 0.25) is 5.88 Å². The summed E-state index contributed by atoms with van der Waals surface area (Å²) in [6.07, 6.45) is -2.99. The number of nitrogens with zero attached hydrogens (tertiary/aromatic N) is 2. The third-order valence-corrected chi connectivity index (χ3v) is 5.67. The molecule has 7 nitrogen and oxygen atoms in total. The van der Waals surface area contributed by atoms with Crippen LogP contribution in [0.3, 0.4) is 0 Å². The van der Waals surface area contributed by atoms with Crippen LogP contribution in [0, 0.1) is 6.92 Å². The van der Waals surface area contributed by atoms with Crippen LogP contribution in [0.2, 0.25) is 0 Å². The minimum atomic E-state index is -2.99. The second kappa shape index (κ2) is 9.47. The van der Waals surface area contributed by atoms with Gasteiger partial charge in [-0.25, -0.2) is 18.3 Å². The molecule has 0 aliphatic rings. The van der Waals surface area contributed by atoms with Gasteiger partial charge >= 0.3 is 5.97 Å². The number of nitrogens with one attached hydrogen (secondary N) is 1. The third-order valence-electron chi connectivity index (χ3n) is 4.82. The molecule has 0 fully saturated rings. The molecular weight excluding hydrogens is 488 g/mol. The van der Waals surface area contributed by atoms with E-state index in [0.717, 1.165) is 14.7 Å². The number of alkyl halides is 2. The van der Waals surface area contributed by atoms with Gasteiger partial charge in [-0.2, -0.15) is 5.10 Å². The first kappa shape index (κ1) is 23.4. The molecule has 0 aliphatic heterocycles. The van der Waals surface area contributed by atoms with Crippen LogP contribution in [0.15, 0.2) is 46.9 Å². The van der Waals surface area contributed by atoms with Crippen molar-refractivity contribution in [2.24, 2.45) is 7.05 Å². The Morgan fingerprint density at radius 2 is 1.84 bits per heavy atom. The van der Waals surface area contributed by atoms with E-state index in [1.54, 1.807) is 37.3 Å². The average Bonchev–Trinajstić information content (AvgIpc) is 3.07. The fraction of sp³-hybridized carbons (Fsp3) is 0.227. The molecule has 2 aromatic carbocycles. The van der Waals surface area contributed by atoms with Gasteiger partial charge in [0.05, 0.1) is 11.6 Å². The maximum Gasteiger partial charge on any atom is 0.335 e. The number of aromatic carboxylic acids is 1. The second-order valence-electron chi connectivity index (χ2n) is 7.13. The molecule has 0 saturated carbocycles. The van der Waals surface area contributed by atoms with Crippen molar-refractivity contribution in [1.82, 2.24) is 15.1 Å². The summed E-state index contributed by atoms with van der Waals surface area (Å²) in [7, 11) is 1.41. The molecule has 0 spiro atoms. The van der Waals surface area contributed by atoms with Crippen LogP contribution in [0.25, 0.3) is 0 Å². The Hall–Kier alpha value is -3.27. The number of ether oxygens (including phenoxy) is 1. The topological polar surface area (TPSA) is 93.4 Å². The molecule has 168 valence electrons. The van der Waals surface area contributed by atoms with Crippen LogP contribution in [0.1, 0.15) is 56.9 Å². The Morgan fingerprint density at radius 3 is 2.41 bits per heavy atom. The van der Waals surface area contributed by atoms with Crippen LogP contribution in [0.4, 0.5) is 8.78 Å². The van der Waals surface area contributed by atoms with Crippen molar-refractivity contribution < 1.29 is 28.2 Å². The number of hydrogen-bond donors (Lipinski definition) is 2. The number of aromatic nitrogens is 2. The van der Waals surface area contributed by atoms with Crippen molar-refractivity contribution in [2.45, 2.75) is 26.3 Å². The lowest BCUT2D eigenvalue weighted by atomic mass is 10.1. The summed E-state index contributed by atoms with van der Waals surface area (Å²) >= 11 is 3.39. The van der Waals surface area contributed by atoms with E-state index >= 15 is 0 Å². The summed E-state index contributed by atoms with van der Waals surface area (Å²) in [5.41, 5.74) is 0.597. The number of carbonyl (C=O) groups excluding carboxylic acids is 1. The van der Waals surface area contributed by atoms with Crippen molar-refractivity contribution >= 4 is 27.8 Å². The number of benzene rings is 2. The van der Waals surface area contributed by atoms with Gasteiger partial charge < -0.3 is 15.2 Å². The Kier molecular flexibility index (Phi) is 6.93. The van der Waals surface area contributed by atoms with Gasteiger partial charge in [0, 0.05) is 11.5 Å². The molecule has 1 aromatic heterocycles. The third kappa shape index (κ3) is 4.96. The van der Waals surface area contributed by atoms with Crippen molar-refractivity contribution in [3.63, 3.8) is 0 Å². The van der Waals surface area contributed by atoms with Crippen LogP contribution in [-0.2, 0) is 7.05 Å². The van der Waals surface area contributed by atoms with E-state index in [1.165, 1.54) is 19.2 Å². The highest BCUT2D eigenvalue weighted by Crippen LogP contribution is 2.34. The monoisotopic (exact) mass is 507 g/mol. The summed E-state index contributed by atoms with van der Waals surface area (Å²) in [5, 5.41) is 15.4. The largest absolute Gasteiger partial charge is 0.478 e. The van der Waals surface area contributed by atoms with E-state index in [1.807, 2.05) is 6.92 Å². The average molecular weight is 508 g/mol. The molecular formula is C22H20BrF2N3O4. The highest BCUT2D eigenvalue weighted by molar-refractivity contribution is 9.10. The minimum Gasteiger partial charge on any atom is -0.478 e. The molecule has 10 heteroatoms. The predicted molar refractivity (Wildman–Crippen MR) is 116 cm³/mol. The van der Waals surface area contributed by atoms with E-state index in [2.05, 4.69) is 26.3 Å². The van der Waals surface area contributed by atoms with E-state index in [4.69, 9.17) is 9.84 Å². The second-order valence-corrected chi connectivity index (χ2v) is 7.98. The molecule has 3 rings (SSSR count). The first-order chi connectivity index (χ1) is 15.1. The maximum atomic E-state index is 13.6. The van der Waals surface area contributed by atoms with Gasteiger partial charge in [-0.05, 0) is 49.2 Å². The first-order valence-electron chi connectivity index (χ1n) is 9.51. The zero-order valence-corrected chi connectivity index (χ0v) is 19.0. The van der Waals surface area contributed by atoms with E-state index in [9.17, 15) is 18.4 Å². The summed E-state index contributed by atoms with van der Waals surface area (Å²) in [4.78, 5) is 24.0. The van der Waals surface area contributed by atoms with Crippen molar-refractivity contribution in [1.29, 1.82) is 0 Å². The van der Waals surface area contributed by atoms with Crippen LogP contribution >= 0.6 is 15.9 Å². The highest BCUT2D eigenvalue weighted by Gasteiger charge is 2.30. The Bertz CT molecular complexity index is 1160. The normalized spacial score (nSPS) is 12.0. The van der Waals surface area contributed by atoms with Crippen LogP contribution < -0.4 is 10.1 Å². The van der Waals surface area contributed by atoms with Crippen molar-refractivity contribution in [3.05, 3.63) is 74.9 Å². The maximum absolute atomic E-state index is 13.6. The van der Waals surface area contributed by atoms with Gasteiger partial charge in [-0.3, -0.25) is 4.79 Å². The zero-order valence-electron chi connectivity index (χ0n) is 17.4. The van der Waals surface area contributed by atoms with Crippen molar-refractivity contribution in [2.75, 3.05) is 0 Å². The Labute approximate surface area is 191 Å². The standard InChI is InChI=1S/C22H20BrF2N3O4/c1-11-4-9-15(10-16(11)23)32-21-17(18(19(24)25)27-28(21)3)20(29)26-12(2)13-5-7-14(8-6-13)22(30)31/h4-10,12,19H,1-3H3,(H,26,29)(H,30,31). The molecule has 0 saturated heterocycles. The molecule has 1 atom stereocenters. The summed E-state index contributed by atoms with van der Waals surface area (Å²) in [6, 6.07) is 10.4. The number of hydrogen-bond acceptors (Lipinski definition) is 4. The van der Waals surface area contributed by atoms with Gasteiger partial charge in [0.25, 0.3) is 12.3 Å². The summed E-state index contributed by atoms with van der Waals surface area (Å²) < 4.78 is 34.9. The number of carboxylic acid groups (broad SMARTS) is 1. The fourth-order valence-corrected chi connectivity index (χ4v) is 3.38. The molecule has 2 N–H and O–H groups in total. The van der Waals surface area contributed by atoms with E-state index in [-0.39, 0.29) is 17.0 Å². The molecule has 1 amide bonds. The lowest BCUT2D eigenvalue weighted by Gasteiger charge is -2.16. The number of aryl methyl sites for hydroxylation is 2. The zero-order chi connectivity index (χ0) is 23.6. The van der Waals surface area contributed by atoms with E-state index in [0.29, 0.717) is 11.3 Å².